The first-order valence-corrected chi connectivity index (χ1v) is 19.9. The van der Waals surface area contributed by atoms with Crippen molar-refractivity contribution in [3.8, 4) is 23.0 Å². The van der Waals surface area contributed by atoms with E-state index >= 15 is 8.78 Å². The molecule has 4 N–H and O–H groups in total. The molecule has 1 amide bonds. The van der Waals surface area contributed by atoms with Crippen molar-refractivity contribution in [3.63, 3.8) is 0 Å². The van der Waals surface area contributed by atoms with Crippen LogP contribution in [0.15, 0.2) is 48.5 Å². The van der Waals surface area contributed by atoms with Crippen LogP contribution in [0.4, 0.5) is 36.6 Å². The molecule has 2 fully saturated rings. The van der Waals surface area contributed by atoms with Gasteiger partial charge in [0.25, 0.3) is 18.3 Å². The standard InChI is InChI=1S/C38H31ClF7N7O4S/c1-52-30-21(8-9-25(39)27(30)35(50-52)51-58(2,56)57)20-7-6-19(10-11-36(55)15-37(43,44)16-36)48-28(20)23(13-17-4-3-5-18(40)12-17)31(34(47)54)53-32-26(29(49-53)33(41)42)22-14-24(22)38(32,45)46/h3-9,12,22-24,31,33,55H,13-16H2,1-2H3,(H2,47,54)(H,50,51)/t22-,23+,24+,31?/m0/s1. The highest BCUT2D eigenvalue weighted by atomic mass is 35.5. The lowest BCUT2D eigenvalue weighted by Gasteiger charge is -2.39. The number of aliphatic hydroxyl groups is 1. The molecule has 20 heteroatoms. The number of nitrogens with two attached hydrogens (primary N) is 1. The van der Waals surface area contributed by atoms with Gasteiger partial charge in [-0.15, -0.1) is 0 Å². The van der Waals surface area contributed by atoms with Crippen LogP contribution < -0.4 is 10.5 Å². The van der Waals surface area contributed by atoms with Gasteiger partial charge in [0.15, 0.2) is 5.82 Å². The summed E-state index contributed by atoms with van der Waals surface area (Å²) in [6.45, 7) is 0. The van der Waals surface area contributed by atoms with E-state index in [1.54, 1.807) is 0 Å². The van der Waals surface area contributed by atoms with Crippen LogP contribution in [0.5, 0.6) is 0 Å². The molecule has 0 radical (unpaired) electrons. The van der Waals surface area contributed by atoms with Crippen molar-refractivity contribution in [1.29, 1.82) is 0 Å². The van der Waals surface area contributed by atoms with Gasteiger partial charge in [-0.3, -0.25) is 14.2 Å². The smallest absolute Gasteiger partial charge is 0.293 e. The number of primary amides is 1. The third-order valence-electron chi connectivity index (χ3n) is 10.7. The van der Waals surface area contributed by atoms with Crippen LogP contribution in [0.3, 0.4) is 0 Å². The van der Waals surface area contributed by atoms with Crippen LogP contribution in [0.25, 0.3) is 22.0 Å². The maximum Gasteiger partial charge on any atom is 0.293 e. The van der Waals surface area contributed by atoms with Crippen LogP contribution in [-0.4, -0.2) is 61.8 Å². The zero-order valence-corrected chi connectivity index (χ0v) is 31.8. The molecule has 11 nitrogen and oxygen atoms in total. The van der Waals surface area contributed by atoms with E-state index in [0.717, 1.165) is 18.4 Å². The van der Waals surface area contributed by atoms with Crippen LogP contribution in [-0.2, 0) is 34.2 Å². The largest absolute Gasteiger partial charge is 0.377 e. The monoisotopic (exact) mass is 849 g/mol. The molecule has 4 atom stereocenters. The van der Waals surface area contributed by atoms with Crippen molar-refractivity contribution < 1.29 is 49.1 Å². The SMILES string of the molecule is Cn1nc(NS(C)(=O)=O)c2c(Cl)ccc(-c3ccc(C#CC4(O)CC(F)(F)C4)nc3[C@@H](Cc3cccc(F)c3)C(C(N)=O)n3nc(C(F)F)c4c3C(F)(F)[C@@H]3C[C@H]43)c21. The lowest BCUT2D eigenvalue weighted by molar-refractivity contribution is -0.176. The maximum atomic E-state index is 16.1. The number of amides is 1. The molecule has 58 heavy (non-hydrogen) atoms. The van der Waals surface area contributed by atoms with Crippen LogP contribution in [0, 0.1) is 23.6 Å². The van der Waals surface area contributed by atoms with Gasteiger partial charge in [0.05, 0.1) is 40.7 Å². The number of benzene rings is 2. The van der Waals surface area contributed by atoms with Crippen molar-refractivity contribution in [2.75, 3.05) is 11.0 Å². The van der Waals surface area contributed by atoms with Gasteiger partial charge in [-0.05, 0) is 60.6 Å². The van der Waals surface area contributed by atoms with Crippen molar-refractivity contribution in [2.24, 2.45) is 18.7 Å². The Morgan fingerprint density at radius 2 is 1.79 bits per heavy atom. The van der Waals surface area contributed by atoms with Gasteiger partial charge < -0.3 is 10.8 Å². The van der Waals surface area contributed by atoms with Crippen LogP contribution in [0.2, 0.25) is 5.02 Å². The third-order valence-corrected chi connectivity index (χ3v) is 11.6. The first-order chi connectivity index (χ1) is 27.1. The number of fused-ring (bicyclic) bond motifs is 4. The molecular weight excluding hydrogens is 819 g/mol. The highest BCUT2D eigenvalue weighted by Gasteiger charge is 2.68. The third kappa shape index (κ3) is 6.83. The molecule has 1 unspecified atom stereocenters. The van der Waals surface area contributed by atoms with E-state index in [1.807, 2.05) is 0 Å². The fraction of sp³-hybridized carbons (Fsp3) is 0.368. The summed E-state index contributed by atoms with van der Waals surface area (Å²) in [6, 6.07) is 8.76. The van der Waals surface area contributed by atoms with Gasteiger partial charge >= 0.3 is 0 Å². The van der Waals surface area contributed by atoms with Gasteiger partial charge in [0, 0.05) is 35.6 Å². The summed E-state index contributed by atoms with van der Waals surface area (Å²) in [7, 11) is -2.42. The molecule has 0 saturated heterocycles. The first kappa shape index (κ1) is 39.6. The number of carbonyl (C=O) groups excluding carboxylic acids is 1. The van der Waals surface area contributed by atoms with Gasteiger partial charge in [-0.1, -0.05) is 35.7 Å². The van der Waals surface area contributed by atoms with E-state index in [-0.39, 0.29) is 61.8 Å². The predicted octanol–water partition coefficient (Wildman–Crippen LogP) is 6.71. The number of hydrogen-bond acceptors (Lipinski definition) is 7. The molecule has 2 aromatic carbocycles. The van der Waals surface area contributed by atoms with E-state index in [9.17, 15) is 40.3 Å². The summed E-state index contributed by atoms with van der Waals surface area (Å²) in [4.78, 5) is 18.5. The number of aromatic nitrogens is 5. The minimum Gasteiger partial charge on any atom is -0.377 e. The van der Waals surface area contributed by atoms with Crippen LogP contribution in [0.1, 0.15) is 77.5 Å². The number of nitrogens with one attached hydrogen (secondary N) is 1. The number of aryl methyl sites for hydroxylation is 1. The summed E-state index contributed by atoms with van der Waals surface area (Å²) in [5.41, 5.74) is 2.19. The average molecular weight is 850 g/mol. The zero-order valence-electron chi connectivity index (χ0n) is 30.3. The molecule has 0 aliphatic heterocycles. The molecule has 8 rings (SSSR count). The molecule has 3 heterocycles. The van der Waals surface area contributed by atoms with Gasteiger partial charge in [0.2, 0.25) is 15.9 Å². The topological polar surface area (TPSA) is 158 Å². The Morgan fingerprint density at radius 3 is 2.43 bits per heavy atom. The average Bonchev–Trinajstić information content (AvgIpc) is 3.64. The predicted molar refractivity (Wildman–Crippen MR) is 196 cm³/mol. The number of sulfonamides is 1. The molecular formula is C38H31ClF7N7O4S. The summed E-state index contributed by atoms with van der Waals surface area (Å²) in [5, 5.41) is 19.0. The highest BCUT2D eigenvalue weighted by Crippen LogP contribution is 2.68. The Bertz CT molecular complexity index is 2720. The zero-order chi connectivity index (χ0) is 41.9. The molecule has 3 aliphatic rings. The Hall–Kier alpha value is -5.19. The minimum atomic E-state index is -3.90. The van der Waals surface area contributed by atoms with E-state index in [1.165, 1.54) is 48.1 Å². The fourth-order valence-electron chi connectivity index (χ4n) is 8.35. The summed E-state index contributed by atoms with van der Waals surface area (Å²) in [5.74, 6) is -7.80. The van der Waals surface area contributed by atoms with E-state index < -0.39 is 100 Å². The minimum absolute atomic E-state index is 0.0549. The first-order valence-electron chi connectivity index (χ1n) is 17.7. The Kier molecular flexibility index (Phi) is 9.17. The van der Waals surface area contributed by atoms with Gasteiger partial charge in [0.1, 0.15) is 34.5 Å². The number of carbonyl (C=O) groups is 1. The molecule has 5 aromatic rings. The molecule has 0 bridgehead atoms. The maximum absolute atomic E-state index is 16.1. The molecule has 3 aliphatic carbocycles. The number of nitrogens with zero attached hydrogens (tertiary/aromatic N) is 5. The van der Waals surface area contributed by atoms with Crippen molar-refractivity contribution >= 4 is 44.3 Å². The second-order valence-corrected chi connectivity index (χ2v) is 17.2. The summed E-state index contributed by atoms with van der Waals surface area (Å²) < 4.78 is 132. The number of hydrogen-bond donors (Lipinski definition) is 3. The number of pyridine rings is 1. The number of rotatable bonds is 10. The Balaban J connectivity index is 1.41. The van der Waals surface area contributed by atoms with Crippen molar-refractivity contribution in [1.82, 2.24) is 24.5 Å². The lowest BCUT2D eigenvalue weighted by Crippen LogP contribution is -2.50. The summed E-state index contributed by atoms with van der Waals surface area (Å²) in [6.07, 6.45) is -4.78. The Labute approximate surface area is 330 Å². The second-order valence-electron chi connectivity index (χ2n) is 15.0. The molecule has 0 spiro atoms. The number of halogens is 8. The van der Waals surface area contributed by atoms with Crippen molar-refractivity contribution in [2.45, 2.75) is 67.4 Å². The van der Waals surface area contributed by atoms with E-state index in [0.29, 0.717) is 4.68 Å². The van der Waals surface area contributed by atoms with E-state index in [2.05, 4.69) is 26.8 Å². The number of anilines is 1. The second kappa shape index (κ2) is 13.4. The lowest BCUT2D eigenvalue weighted by atomic mass is 9.77. The fourth-order valence-corrected chi connectivity index (χ4v) is 9.09. The quantitative estimate of drug-likeness (QED) is 0.104. The van der Waals surface area contributed by atoms with Gasteiger partial charge in [-0.2, -0.15) is 19.0 Å². The Morgan fingerprint density at radius 1 is 1.09 bits per heavy atom. The molecule has 2 saturated carbocycles. The normalized spacial score (nSPS) is 20.8. The number of alkyl halides is 6. The highest BCUT2D eigenvalue weighted by molar-refractivity contribution is 7.92. The summed E-state index contributed by atoms with van der Waals surface area (Å²) >= 11 is 6.59. The van der Waals surface area contributed by atoms with Crippen LogP contribution >= 0.6 is 11.6 Å². The van der Waals surface area contributed by atoms with Gasteiger partial charge in [-0.25, -0.2) is 40.0 Å². The molecule has 3 aromatic heterocycles. The van der Waals surface area contributed by atoms with Crippen molar-refractivity contribution in [3.05, 3.63) is 93.3 Å². The van der Waals surface area contributed by atoms with E-state index in [4.69, 9.17) is 22.3 Å². The molecule has 304 valence electrons.